The molecule has 6 nitrogen and oxygen atoms in total. The summed E-state index contributed by atoms with van der Waals surface area (Å²) in [5, 5.41) is 4.95. The number of piperidine rings is 1. The molecule has 2 heterocycles. The molecule has 4 rings (SSSR count). The minimum Gasteiger partial charge on any atom is -0.494 e. The molecule has 3 aromatic rings. The number of nitrogens with zero attached hydrogens (tertiary/aromatic N) is 2. The fourth-order valence-corrected chi connectivity index (χ4v) is 4.37. The molecule has 1 N–H and O–H groups in total. The van der Waals surface area contributed by atoms with Gasteiger partial charge in [0.15, 0.2) is 16.7 Å². The topological polar surface area (TPSA) is 71.5 Å². The van der Waals surface area contributed by atoms with Crippen LogP contribution in [0.25, 0.3) is 11.3 Å². The molecule has 0 bridgehead atoms. The van der Waals surface area contributed by atoms with E-state index in [4.69, 9.17) is 4.74 Å². The average molecular weight is 458 g/mol. The Morgan fingerprint density at radius 2 is 1.97 bits per heavy atom. The van der Waals surface area contributed by atoms with Gasteiger partial charge in [0.05, 0.1) is 18.7 Å². The van der Waals surface area contributed by atoms with Gasteiger partial charge in [-0.15, -0.1) is 11.3 Å². The number of benzene rings is 2. The Bertz CT molecular complexity index is 1130. The number of hydrogen-bond donors (Lipinski definition) is 1. The lowest BCUT2D eigenvalue weighted by molar-refractivity contribution is -0.121. The maximum absolute atomic E-state index is 14.0. The monoisotopic (exact) mass is 457 g/mol. The molecule has 1 aromatic heterocycles. The van der Waals surface area contributed by atoms with Gasteiger partial charge in [-0.05, 0) is 55.3 Å². The molecule has 1 aliphatic rings. The van der Waals surface area contributed by atoms with Crippen molar-refractivity contribution in [2.24, 2.45) is 5.92 Å². The van der Waals surface area contributed by atoms with E-state index in [0.29, 0.717) is 41.3 Å². The lowest BCUT2D eigenvalue weighted by atomic mass is 9.96. The van der Waals surface area contributed by atoms with Gasteiger partial charge in [-0.2, -0.15) is 0 Å². The van der Waals surface area contributed by atoms with Crippen LogP contribution in [0.15, 0.2) is 47.8 Å². The van der Waals surface area contributed by atoms with Crippen molar-refractivity contribution < 1.29 is 23.1 Å². The molecule has 2 amide bonds. The number of methoxy groups -OCH3 is 1. The Hall–Kier alpha value is -3.33. The number of ether oxygens (including phenoxy) is 1. The van der Waals surface area contributed by atoms with Gasteiger partial charge in [0.25, 0.3) is 5.91 Å². The van der Waals surface area contributed by atoms with Crippen LogP contribution in [0.3, 0.4) is 0 Å². The summed E-state index contributed by atoms with van der Waals surface area (Å²) < 4.78 is 32.0. The number of thiazole rings is 1. The molecule has 166 valence electrons. The van der Waals surface area contributed by atoms with Crippen molar-refractivity contribution in [3.63, 3.8) is 0 Å². The van der Waals surface area contributed by atoms with Crippen molar-refractivity contribution in [1.82, 2.24) is 9.88 Å². The number of hydrogen-bond acceptors (Lipinski definition) is 5. The quantitative estimate of drug-likeness (QED) is 0.609. The van der Waals surface area contributed by atoms with E-state index in [1.807, 2.05) is 0 Å². The summed E-state index contributed by atoms with van der Waals surface area (Å²) in [6.45, 7) is 0.828. The van der Waals surface area contributed by atoms with Crippen molar-refractivity contribution >= 4 is 28.3 Å². The first kappa shape index (κ1) is 21.9. The van der Waals surface area contributed by atoms with Crippen molar-refractivity contribution in [2.45, 2.75) is 12.8 Å². The maximum atomic E-state index is 14.0. The molecule has 1 atom stereocenters. The van der Waals surface area contributed by atoms with Crippen molar-refractivity contribution in [2.75, 3.05) is 25.5 Å². The first-order valence-electron chi connectivity index (χ1n) is 10.1. The number of rotatable bonds is 5. The Morgan fingerprint density at radius 3 is 2.69 bits per heavy atom. The first-order chi connectivity index (χ1) is 15.4. The number of carbonyl (C=O) groups is 2. The molecule has 9 heteroatoms. The van der Waals surface area contributed by atoms with E-state index in [-0.39, 0.29) is 30.0 Å². The van der Waals surface area contributed by atoms with E-state index < -0.39 is 11.6 Å². The van der Waals surface area contributed by atoms with Crippen LogP contribution in [0.1, 0.15) is 23.2 Å². The molecule has 0 spiro atoms. The maximum Gasteiger partial charge on any atom is 0.253 e. The van der Waals surface area contributed by atoms with Gasteiger partial charge in [0.2, 0.25) is 5.91 Å². The van der Waals surface area contributed by atoms with Gasteiger partial charge in [0, 0.05) is 29.6 Å². The molecule has 1 fully saturated rings. The Balaban J connectivity index is 1.40. The predicted molar refractivity (Wildman–Crippen MR) is 118 cm³/mol. The van der Waals surface area contributed by atoms with Gasteiger partial charge >= 0.3 is 0 Å². The lowest BCUT2D eigenvalue weighted by Crippen LogP contribution is -2.43. The molecule has 0 radical (unpaired) electrons. The third-order valence-corrected chi connectivity index (χ3v) is 6.11. The molecule has 0 saturated carbocycles. The summed E-state index contributed by atoms with van der Waals surface area (Å²) in [6, 6.07) is 9.94. The van der Waals surface area contributed by atoms with Crippen molar-refractivity contribution in [3.8, 4) is 17.0 Å². The van der Waals surface area contributed by atoms with Gasteiger partial charge in [0.1, 0.15) is 5.82 Å². The molecular weight excluding hydrogens is 436 g/mol. The van der Waals surface area contributed by atoms with Crippen LogP contribution >= 0.6 is 11.3 Å². The Morgan fingerprint density at radius 1 is 1.19 bits per heavy atom. The number of anilines is 1. The Labute approximate surface area is 187 Å². The smallest absolute Gasteiger partial charge is 0.253 e. The minimum atomic E-state index is -0.489. The van der Waals surface area contributed by atoms with Crippen LogP contribution < -0.4 is 10.1 Å². The van der Waals surface area contributed by atoms with Crippen LogP contribution in [-0.4, -0.2) is 41.9 Å². The molecule has 0 aliphatic carbocycles. The second-order valence-corrected chi connectivity index (χ2v) is 8.33. The molecule has 32 heavy (non-hydrogen) atoms. The normalized spacial score (nSPS) is 16.0. The van der Waals surface area contributed by atoms with Crippen LogP contribution in [0.2, 0.25) is 0 Å². The summed E-state index contributed by atoms with van der Waals surface area (Å²) in [4.78, 5) is 31.5. The number of amides is 2. The van der Waals surface area contributed by atoms with Crippen LogP contribution in [0.5, 0.6) is 5.75 Å². The summed E-state index contributed by atoms with van der Waals surface area (Å²) >= 11 is 1.25. The van der Waals surface area contributed by atoms with Gasteiger partial charge in [-0.25, -0.2) is 13.8 Å². The molecule has 1 saturated heterocycles. The largest absolute Gasteiger partial charge is 0.494 e. The summed E-state index contributed by atoms with van der Waals surface area (Å²) in [5.74, 6) is -1.56. The number of nitrogens with one attached hydrogen (secondary N) is 1. The SMILES string of the molecule is COc1ccc(-c2csc(NC(=O)C3CCCN(C(=O)c4ccc(F)cc4)C3)n2)cc1F. The van der Waals surface area contributed by atoms with Crippen molar-refractivity contribution in [3.05, 3.63) is 65.0 Å². The first-order valence-corrected chi connectivity index (χ1v) is 11.0. The Kier molecular flexibility index (Phi) is 6.45. The third-order valence-electron chi connectivity index (χ3n) is 5.35. The number of likely N-dealkylation sites (tertiary alicyclic amines) is 1. The van der Waals surface area contributed by atoms with E-state index in [1.54, 1.807) is 16.3 Å². The zero-order valence-electron chi connectivity index (χ0n) is 17.3. The second-order valence-electron chi connectivity index (χ2n) is 7.47. The summed E-state index contributed by atoms with van der Waals surface area (Å²) in [7, 11) is 1.40. The number of halogens is 2. The number of aromatic nitrogens is 1. The summed E-state index contributed by atoms with van der Waals surface area (Å²) in [6.07, 6.45) is 1.35. The number of carbonyl (C=O) groups excluding carboxylic acids is 2. The van der Waals surface area contributed by atoms with Gasteiger partial charge in [-0.3, -0.25) is 9.59 Å². The standard InChI is InChI=1S/C23H21F2N3O3S/c1-31-20-9-6-15(11-18(20)25)19-13-32-23(26-19)27-21(29)16-3-2-10-28(12-16)22(30)14-4-7-17(24)8-5-14/h4-9,11,13,16H,2-3,10,12H2,1H3,(H,26,27,29). The van der Waals surface area contributed by atoms with E-state index in [1.165, 1.54) is 54.8 Å². The van der Waals surface area contributed by atoms with Gasteiger partial charge < -0.3 is 15.0 Å². The van der Waals surface area contributed by atoms with Crippen LogP contribution in [0, 0.1) is 17.6 Å². The van der Waals surface area contributed by atoms with E-state index >= 15 is 0 Å². The highest BCUT2D eigenvalue weighted by Crippen LogP contribution is 2.29. The van der Waals surface area contributed by atoms with E-state index in [0.717, 1.165) is 0 Å². The van der Waals surface area contributed by atoms with E-state index in [9.17, 15) is 18.4 Å². The third kappa shape index (κ3) is 4.77. The zero-order valence-corrected chi connectivity index (χ0v) is 18.1. The average Bonchev–Trinajstić information content (AvgIpc) is 3.27. The molecule has 1 aliphatic heterocycles. The fourth-order valence-electron chi connectivity index (χ4n) is 3.65. The van der Waals surface area contributed by atoms with Crippen molar-refractivity contribution in [1.29, 1.82) is 0 Å². The fraction of sp³-hybridized carbons (Fsp3) is 0.261. The van der Waals surface area contributed by atoms with Crippen LogP contribution in [-0.2, 0) is 4.79 Å². The predicted octanol–water partition coefficient (Wildman–Crippen LogP) is 4.59. The zero-order chi connectivity index (χ0) is 22.7. The highest BCUT2D eigenvalue weighted by Gasteiger charge is 2.29. The van der Waals surface area contributed by atoms with Crippen LogP contribution in [0.4, 0.5) is 13.9 Å². The van der Waals surface area contributed by atoms with Gasteiger partial charge in [-0.1, -0.05) is 0 Å². The summed E-state index contributed by atoms with van der Waals surface area (Å²) in [5.41, 5.74) is 1.51. The second kappa shape index (κ2) is 9.44. The molecule has 2 aromatic carbocycles. The highest BCUT2D eigenvalue weighted by molar-refractivity contribution is 7.14. The lowest BCUT2D eigenvalue weighted by Gasteiger charge is -2.32. The van der Waals surface area contributed by atoms with E-state index in [2.05, 4.69) is 10.3 Å². The minimum absolute atomic E-state index is 0.148. The molecular formula is C23H21F2N3O3S. The highest BCUT2D eigenvalue weighted by atomic mass is 32.1. The molecule has 1 unspecified atom stereocenters.